The van der Waals surface area contributed by atoms with Crippen LogP contribution in [0.5, 0.6) is 0 Å². The summed E-state index contributed by atoms with van der Waals surface area (Å²) >= 11 is 3.07. The quantitative estimate of drug-likeness (QED) is 0.689. The Morgan fingerprint density at radius 3 is 2.93 bits per heavy atom. The number of nitrogens with zero attached hydrogens (tertiary/aromatic N) is 1. The fraction of sp³-hybridized carbons (Fsp3) is 0.100. The molecular weight excluding hydrogens is 217 g/mol. The van der Waals surface area contributed by atoms with E-state index < -0.39 is 5.82 Å². The minimum absolute atomic E-state index is 0.160. The molecule has 0 unspecified atom stereocenters. The van der Waals surface area contributed by atoms with E-state index >= 15 is 0 Å². The van der Waals surface area contributed by atoms with Crippen molar-refractivity contribution in [1.82, 2.24) is 0 Å². The van der Waals surface area contributed by atoms with Crippen LogP contribution in [0.1, 0.15) is 5.56 Å². The van der Waals surface area contributed by atoms with Gasteiger partial charge in [0.1, 0.15) is 17.4 Å². The van der Waals surface area contributed by atoms with Gasteiger partial charge in [0.05, 0.1) is 8.91 Å². The van der Waals surface area contributed by atoms with Gasteiger partial charge in [-0.25, -0.2) is 4.39 Å². The predicted molar refractivity (Wildman–Crippen MR) is 58.3 cm³/mol. The van der Waals surface area contributed by atoms with Crippen LogP contribution in [0.15, 0.2) is 22.4 Å². The number of rotatable bonds is 1. The summed E-state index contributed by atoms with van der Waals surface area (Å²) in [6.45, 7) is 0. The van der Waals surface area contributed by atoms with Crippen molar-refractivity contribution in [3.05, 3.63) is 29.6 Å². The number of fused-ring (bicyclic) bond motifs is 1. The minimum atomic E-state index is -0.436. The van der Waals surface area contributed by atoms with E-state index in [2.05, 4.69) is 0 Å². The van der Waals surface area contributed by atoms with Gasteiger partial charge in [0.2, 0.25) is 0 Å². The van der Waals surface area contributed by atoms with Gasteiger partial charge in [-0.1, -0.05) is 6.07 Å². The van der Waals surface area contributed by atoms with E-state index in [0.717, 1.165) is 14.3 Å². The van der Waals surface area contributed by atoms with Crippen LogP contribution in [-0.2, 0) is 0 Å². The van der Waals surface area contributed by atoms with Crippen molar-refractivity contribution in [2.75, 3.05) is 6.26 Å². The number of hydrogen-bond acceptors (Lipinski definition) is 3. The number of thioether (sulfide) groups is 1. The zero-order valence-corrected chi connectivity index (χ0v) is 9.01. The predicted octanol–water partition coefficient (Wildman–Crippen LogP) is 3.63. The molecule has 0 fully saturated rings. The molecular formula is C10H6FNS2. The third-order valence-corrected chi connectivity index (χ3v) is 4.16. The fourth-order valence-corrected chi connectivity index (χ4v) is 2.97. The van der Waals surface area contributed by atoms with E-state index in [0.29, 0.717) is 0 Å². The van der Waals surface area contributed by atoms with E-state index in [1.807, 2.05) is 18.4 Å². The standard InChI is InChI=1S/C10H6FNS2/c1-13-9-4-6-2-3-8(11)7(5-12)10(6)14-9/h2-4H,1H3. The lowest BCUT2D eigenvalue weighted by atomic mass is 10.2. The van der Waals surface area contributed by atoms with Crippen LogP contribution in [0.4, 0.5) is 4.39 Å². The first-order valence-electron chi connectivity index (χ1n) is 3.92. The molecule has 1 nitrogen and oxygen atoms in total. The third kappa shape index (κ3) is 1.39. The first kappa shape index (κ1) is 9.50. The van der Waals surface area contributed by atoms with Crippen molar-refractivity contribution in [1.29, 1.82) is 5.26 Å². The molecule has 2 aromatic rings. The second kappa shape index (κ2) is 3.60. The number of nitriles is 1. The van der Waals surface area contributed by atoms with Gasteiger partial charge in [-0.2, -0.15) is 5.26 Å². The van der Waals surface area contributed by atoms with Crippen LogP contribution < -0.4 is 0 Å². The van der Waals surface area contributed by atoms with Crippen molar-refractivity contribution in [3.63, 3.8) is 0 Å². The molecule has 1 heterocycles. The summed E-state index contributed by atoms with van der Waals surface area (Å²) in [5.41, 5.74) is 0.160. The van der Waals surface area contributed by atoms with Crippen molar-refractivity contribution in [2.45, 2.75) is 4.21 Å². The molecule has 0 aliphatic rings. The van der Waals surface area contributed by atoms with Gasteiger partial charge < -0.3 is 0 Å². The molecule has 0 saturated carbocycles. The molecule has 4 heteroatoms. The Labute approximate surface area is 89.2 Å². The molecule has 1 aromatic heterocycles. The van der Waals surface area contributed by atoms with Crippen LogP contribution in [0.2, 0.25) is 0 Å². The third-order valence-electron chi connectivity index (χ3n) is 1.93. The molecule has 0 N–H and O–H groups in total. The van der Waals surface area contributed by atoms with Gasteiger partial charge in [0, 0.05) is 0 Å². The zero-order chi connectivity index (χ0) is 10.1. The molecule has 0 atom stereocenters. The van der Waals surface area contributed by atoms with E-state index in [1.54, 1.807) is 17.8 Å². The SMILES string of the molecule is CSc1cc2ccc(F)c(C#N)c2s1. The molecule has 0 bridgehead atoms. The Balaban J connectivity index is 2.81. The number of benzene rings is 1. The highest BCUT2D eigenvalue weighted by molar-refractivity contribution is 8.00. The maximum Gasteiger partial charge on any atom is 0.142 e. The summed E-state index contributed by atoms with van der Waals surface area (Å²) < 4.78 is 15.1. The highest BCUT2D eigenvalue weighted by atomic mass is 32.2. The lowest BCUT2D eigenvalue weighted by Crippen LogP contribution is -1.81. The summed E-state index contributed by atoms with van der Waals surface area (Å²) in [4.78, 5) is 0. The molecule has 1 aromatic carbocycles. The molecule has 0 amide bonds. The van der Waals surface area contributed by atoms with E-state index in [1.165, 1.54) is 17.4 Å². The van der Waals surface area contributed by atoms with Crippen molar-refractivity contribution in [2.24, 2.45) is 0 Å². The van der Waals surface area contributed by atoms with Gasteiger partial charge >= 0.3 is 0 Å². The van der Waals surface area contributed by atoms with Gasteiger partial charge in [-0.05, 0) is 23.8 Å². The number of hydrogen-bond donors (Lipinski definition) is 0. The Hall–Kier alpha value is -1.05. The Morgan fingerprint density at radius 1 is 1.50 bits per heavy atom. The van der Waals surface area contributed by atoms with Crippen LogP contribution in [-0.4, -0.2) is 6.26 Å². The summed E-state index contributed by atoms with van der Waals surface area (Å²) in [6.07, 6.45) is 1.97. The zero-order valence-electron chi connectivity index (χ0n) is 7.37. The lowest BCUT2D eigenvalue weighted by molar-refractivity contribution is 0.626. The average Bonchev–Trinajstić information content (AvgIpc) is 2.60. The first-order chi connectivity index (χ1) is 6.76. The Bertz CT molecular complexity index is 525. The highest BCUT2D eigenvalue weighted by Gasteiger charge is 2.10. The second-order valence-corrected chi connectivity index (χ2v) is 4.88. The van der Waals surface area contributed by atoms with Crippen molar-refractivity contribution < 1.29 is 4.39 Å². The van der Waals surface area contributed by atoms with Crippen LogP contribution >= 0.6 is 23.1 Å². The van der Waals surface area contributed by atoms with E-state index in [4.69, 9.17) is 5.26 Å². The molecule has 2 rings (SSSR count). The second-order valence-electron chi connectivity index (χ2n) is 2.72. The smallest absolute Gasteiger partial charge is 0.142 e. The summed E-state index contributed by atoms with van der Waals surface area (Å²) in [7, 11) is 0. The lowest BCUT2D eigenvalue weighted by Gasteiger charge is -1.93. The van der Waals surface area contributed by atoms with Gasteiger partial charge in [0.25, 0.3) is 0 Å². The van der Waals surface area contributed by atoms with Crippen molar-refractivity contribution in [3.8, 4) is 6.07 Å². The molecule has 0 radical (unpaired) electrons. The molecule has 70 valence electrons. The molecule has 0 spiro atoms. The van der Waals surface area contributed by atoms with Crippen LogP contribution in [0.3, 0.4) is 0 Å². The molecule has 0 aliphatic heterocycles. The summed E-state index contributed by atoms with van der Waals surface area (Å²) in [6, 6.07) is 6.93. The topological polar surface area (TPSA) is 23.8 Å². The largest absolute Gasteiger partial charge is 0.205 e. The van der Waals surface area contributed by atoms with Crippen LogP contribution in [0.25, 0.3) is 10.1 Å². The van der Waals surface area contributed by atoms with Crippen molar-refractivity contribution >= 4 is 33.2 Å². The van der Waals surface area contributed by atoms with Gasteiger partial charge in [-0.15, -0.1) is 23.1 Å². The van der Waals surface area contributed by atoms with E-state index in [9.17, 15) is 4.39 Å². The van der Waals surface area contributed by atoms with Gasteiger partial charge in [0.15, 0.2) is 0 Å². The Morgan fingerprint density at radius 2 is 2.29 bits per heavy atom. The number of halogens is 1. The monoisotopic (exact) mass is 223 g/mol. The Kier molecular flexibility index (Phi) is 2.44. The maximum atomic E-state index is 13.2. The minimum Gasteiger partial charge on any atom is -0.205 e. The maximum absolute atomic E-state index is 13.2. The normalized spacial score (nSPS) is 10.4. The van der Waals surface area contributed by atoms with E-state index in [-0.39, 0.29) is 5.56 Å². The summed E-state index contributed by atoms with van der Waals surface area (Å²) in [5.74, 6) is -0.436. The highest BCUT2D eigenvalue weighted by Crippen LogP contribution is 2.34. The number of thiophene rings is 1. The molecule has 14 heavy (non-hydrogen) atoms. The average molecular weight is 223 g/mol. The summed E-state index contributed by atoms with van der Waals surface area (Å²) in [5, 5.41) is 9.75. The fourth-order valence-electron chi connectivity index (χ4n) is 1.26. The first-order valence-corrected chi connectivity index (χ1v) is 5.96. The molecule has 0 aliphatic carbocycles. The van der Waals surface area contributed by atoms with Crippen LogP contribution in [0, 0.1) is 17.1 Å². The molecule has 0 saturated heterocycles. The van der Waals surface area contributed by atoms with Gasteiger partial charge in [-0.3, -0.25) is 0 Å².